The van der Waals surface area contributed by atoms with Gasteiger partial charge >= 0.3 is 0 Å². The molecule has 1 aromatic carbocycles. The summed E-state index contributed by atoms with van der Waals surface area (Å²) in [7, 11) is 0. The Balaban J connectivity index is 1.34. The first-order valence-corrected chi connectivity index (χ1v) is 15.4. The summed E-state index contributed by atoms with van der Waals surface area (Å²) in [5, 5.41) is 43.2. The van der Waals surface area contributed by atoms with E-state index in [0.29, 0.717) is 13.1 Å². The highest BCUT2D eigenvalue weighted by molar-refractivity contribution is 5.35. The van der Waals surface area contributed by atoms with Gasteiger partial charge in [-0.1, -0.05) is 135 Å². The molecule has 1 saturated heterocycles. The zero-order valence-electron chi connectivity index (χ0n) is 24.3. The predicted molar refractivity (Wildman–Crippen MR) is 153 cm³/mol. The van der Waals surface area contributed by atoms with Crippen LogP contribution in [0, 0.1) is 5.41 Å². The van der Waals surface area contributed by atoms with Crippen LogP contribution < -0.4 is 0 Å². The Hall–Kier alpha value is -1.02. The van der Waals surface area contributed by atoms with Gasteiger partial charge in [0.1, 0.15) is 12.2 Å². The van der Waals surface area contributed by atoms with Gasteiger partial charge in [-0.15, -0.1) is 0 Å². The summed E-state index contributed by atoms with van der Waals surface area (Å²) in [6, 6.07) is 10.2. The number of hydrogen-bond acceptors (Lipinski definition) is 6. The van der Waals surface area contributed by atoms with Crippen molar-refractivity contribution in [2.45, 2.75) is 147 Å². The van der Waals surface area contributed by atoms with Gasteiger partial charge in [-0.05, 0) is 18.5 Å². The number of unbranched alkanes of at least 4 members (excludes halogenated alkanes) is 13. The fourth-order valence-corrected chi connectivity index (χ4v) is 6.39. The lowest BCUT2D eigenvalue weighted by Gasteiger charge is -2.32. The Kier molecular flexibility index (Phi) is 12.1. The van der Waals surface area contributed by atoms with Crippen LogP contribution in [0.25, 0.3) is 0 Å². The number of benzene rings is 1. The number of aliphatic hydroxyl groups excluding tert-OH is 2. The molecule has 3 rings (SSSR count). The molecule has 0 bridgehead atoms. The van der Waals surface area contributed by atoms with Crippen LogP contribution in [0.5, 0.6) is 0 Å². The van der Waals surface area contributed by atoms with Gasteiger partial charge < -0.3 is 25.2 Å². The van der Waals surface area contributed by atoms with Gasteiger partial charge in [0, 0.05) is 13.1 Å². The molecule has 2 fully saturated rings. The Morgan fingerprint density at radius 2 is 1.32 bits per heavy atom. The van der Waals surface area contributed by atoms with E-state index in [-0.39, 0.29) is 0 Å². The van der Waals surface area contributed by atoms with Crippen molar-refractivity contribution in [1.29, 1.82) is 0 Å². The zero-order valence-corrected chi connectivity index (χ0v) is 24.3. The highest BCUT2D eigenvalue weighted by Gasteiger charge is 2.92. The lowest BCUT2D eigenvalue weighted by molar-refractivity contribution is -0.196. The zero-order chi connectivity index (χ0) is 27.7. The Bertz CT molecular complexity index is 804. The van der Waals surface area contributed by atoms with Gasteiger partial charge in [0.2, 0.25) is 5.79 Å². The van der Waals surface area contributed by atoms with E-state index in [1.807, 2.05) is 18.2 Å². The second-order valence-electron chi connectivity index (χ2n) is 12.4. The maximum atomic E-state index is 11.0. The second-order valence-corrected chi connectivity index (χ2v) is 12.4. The molecule has 0 spiro atoms. The van der Waals surface area contributed by atoms with Gasteiger partial charge in [0.25, 0.3) is 0 Å². The van der Waals surface area contributed by atoms with Crippen molar-refractivity contribution < 1.29 is 25.2 Å². The molecule has 1 aliphatic carbocycles. The molecule has 5 atom stereocenters. The molecular weight excluding hydrogens is 478 g/mol. The third-order valence-corrected chi connectivity index (χ3v) is 9.20. The average Bonchev–Trinajstić information content (AvgIpc) is 3.10. The van der Waals surface area contributed by atoms with Gasteiger partial charge in [0.15, 0.2) is 5.60 Å². The minimum atomic E-state index is -1.82. The first kappa shape index (κ1) is 31.5. The second kappa shape index (κ2) is 14.6. The minimum Gasteiger partial charge on any atom is -0.389 e. The third kappa shape index (κ3) is 7.18. The molecule has 0 aromatic heterocycles. The van der Waals surface area contributed by atoms with Crippen molar-refractivity contribution in [3.8, 4) is 0 Å². The van der Waals surface area contributed by atoms with Crippen LogP contribution in [0.4, 0.5) is 0 Å². The van der Waals surface area contributed by atoms with Crippen LogP contribution in [0.1, 0.15) is 116 Å². The number of hydrogen-bond donors (Lipinski definition) is 4. The Morgan fingerprint density at radius 3 is 1.79 bits per heavy atom. The van der Waals surface area contributed by atoms with E-state index in [9.17, 15) is 20.4 Å². The lowest BCUT2D eigenvalue weighted by atomic mass is 9.95. The van der Waals surface area contributed by atoms with Crippen LogP contribution in [-0.2, 0) is 11.3 Å². The molecule has 0 amide bonds. The molecule has 2 aliphatic rings. The number of ether oxygens (including phenoxy) is 1. The van der Waals surface area contributed by atoms with Crippen LogP contribution in [0.2, 0.25) is 0 Å². The molecule has 1 saturated carbocycles. The summed E-state index contributed by atoms with van der Waals surface area (Å²) in [5.41, 5.74) is -1.54. The minimum absolute atomic E-state index is 0.307. The Morgan fingerprint density at radius 1 is 0.816 bits per heavy atom. The summed E-state index contributed by atoms with van der Waals surface area (Å²) in [6.45, 7) is 7.44. The van der Waals surface area contributed by atoms with E-state index < -0.39 is 35.1 Å². The summed E-state index contributed by atoms with van der Waals surface area (Å²) >= 11 is 0. The molecule has 6 heteroatoms. The smallest absolute Gasteiger partial charge is 0.207 e. The van der Waals surface area contributed by atoms with Crippen LogP contribution in [-0.4, -0.2) is 68.1 Å². The maximum absolute atomic E-state index is 11.0. The van der Waals surface area contributed by atoms with E-state index >= 15 is 0 Å². The van der Waals surface area contributed by atoms with E-state index in [1.165, 1.54) is 82.6 Å². The van der Waals surface area contributed by atoms with Crippen LogP contribution in [0.3, 0.4) is 0 Å². The number of fused-ring (bicyclic) bond motifs is 1. The van der Waals surface area contributed by atoms with Crippen molar-refractivity contribution in [2.24, 2.45) is 5.41 Å². The van der Waals surface area contributed by atoms with E-state index in [2.05, 4.69) is 24.0 Å². The summed E-state index contributed by atoms with van der Waals surface area (Å²) in [5.74, 6) is -1.82. The van der Waals surface area contributed by atoms with Gasteiger partial charge in [-0.3, -0.25) is 4.90 Å². The molecule has 218 valence electrons. The van der Waals surface area contributed by atoms with Crippen LogP contribution in [0.15, 0.2) is 30.3 Å². The quantitative estimate of drug-likeness (QED) is 0.164. The molecule has 1 aliphatic heterocycles. The number of nitrogens with zero attached hydrogens (tertiary/aromatic N) is 1. The molecule has 0 unspecified atom stereocenters. The average molecular weight is 534 g/mol. The molecule has 38 heavy (non-hydrogen) atoms. The van der Waals surface area contributed by atoms with E-state index in [4.69, 9.17) is 4.74 Å². The molecule has 1 heterocycles. The van der Waals surface area contributed by atoms with Crippen molar-refractivity contribution >= 4 is 0 Å². The van der Waals surface area contributed by atoms with E-state index in [1.54, 1.807) is 13.8 Å². The SMILES string of the molecule is CCCCCCCCCCCCCCCCN(Cc1ccccc1)C[C@@H](O)[C@H]1O[C@@]2(O)C(C)(C)[C@@]2(O)[C@H]1O. The molecule has 1 aromatic rings. The standard InChI is InChI=1S/C32H55NO5/c1-4-5-6-7-8-9-10-11-12-13-14-15-16-20-23-33(24-26-21-18-17-19-22-26)25-27(34)28-29(35)31(36)30(2,3)32(31,37)38-28/h17-19,21-22,27-29,34-37H,4-16,20,23-25H2,1-3H3/t27-,28-,29+,31+,32+/m1/s1. The largest absolute Gasteiger partial charge is 0.389 e. The fraction of sp³-hybridized carbons (Fsp3) is 0.812. The Labute approximate surface area is 231 Å². The van der Waals surface area contributed by atoms with Crippen LogP contribution >= 0.6 is 0 Å². The molecule has 0 radical (unpaired) electrons. The highest BCUT2D eigenvalue weighted by atomic mass is 16.7. The predicted octanol–water partition coefficient (Wildman–Crippen LogP) is 5.55. The first-order valence-electron chi connectivity index (χ1n) is 15.4. The van der Waals surface area contributed by atoms with Gasteiger partial charge in [-0.2, -0.15) is 0 Å². The number of aliphatic hydroxyl groups is 4. The summed E-state index contributed by atoms with van der Waals surface area (Å²) in [6.07, 6.45) is 15.1. The third-order valence-electron chi connectivity index (χ3n) is 9.20. The van der Waals surface area contributed by atoms with Gasteiger partial charge in [0.05, 0.1) is 11.5 Å². The monoisotopic (exact) mass is 533 g/mol. The van der Waals surface area contributed by atoms with Crippen molar-refractivity contribution in [1.82, 2.24) is 4.90 Å². The lowest BCUT2D eigenvalue weighted by Crippen LogP contribution is -2.49. The van der Waals surface area contributed by atoms with Crippen molar-refractivity contribution in [2.75, 3.05) is 13.1 Å². The van der Waals surface area contributed by atoms with E-state index in [0.717, 1.165) is 19.4 Å². The number of rotatable bonds is 20. The summed E-state index contributed by atoms with van der Waals surface area (Å²) < 4.78 is 5.67. The van der Waals surface area contributed by atoms with Gasteiger partial charge in [-0.25, -0.2) is 0 Å². The highest BCUT2D eigenvalue weighted by Crippen LogP contribution is 2.71. The van der Waals surface area contributed by atoms with Crippen molar-refractivity contribution in [3.63, 3.8) is 0 Å². The first-order chi connectivity index (χ1) is 18.2. The molecular formula is C32H55NO5. The normalized spacial score (nSPS) is 28.5. The molecule has 4 N–H and O–H groups in total. The van der Waals surface area contributed by atoms with Crippen molar-refractivity contribution in [3.05, 3.63) is 35.9 Å². The molecule has 6 nitrogen and oxygen atoms in total. The maximum Gasteiger partial charge on any atom is 0.207 e. The fourth-order valence-electron chi connectivity index (χ4n) is 6.39. The topological polar surface area (TPSA) is 93.4 Å². The summed E-state index contributed by atoms with van der Waals surface area (Å²) in [4.78, 5) is 2.19.